The third-order valence-corrected chi connectivity index (χ3v) is 4.60. The number of carboxylic acid groups (broad SMARTS) is 1. The molecule has 0 aromatic heterocycles. The average molecular weight is 304 g/mol. The number of rotatable bonds is 4. The van der Waals surface area contributed by atoms with Crippen molar-refractivity contribution in [2.45, 2.75) is 46.1 Å². The van der Waals surface area contributed by atoms with Gasteiger partial charge in [-0.3, -0.25) is 0 Å². The lowest BCUT2D eigenvalue weighted by Gasteiger charge is -2.36. The molecule has 120 valence electrons. The van der Waals surface area contributed by atoms with Gasteiger partial charge in [-0.1, -0.05) is 39.3 Å². The highest BCUT2D eigenvalue weighted by atomic mass is 16.5. The van der Waals surface area contributed by atoms with Gasteiger partial charge < -0.3 is 9.84 Å². The van der Waals surface area contributed by atoms with E-state index in [2.05, 4.69) is 20.8 Å². The van der Waals surface area contributed by atoms with Crippen molar-refractivity contribution in [3.05, 3.63) is 35.4 Å². The van der Waals surface area contributed by atoms with Crippen LogP contribution in [0.2, 0.25) is 0 Å². The first kappa shape index (κ1) is 16.5. The average Bonchev–Trinajstić information content (AvgIpc) is 2.46. The largest absolute Gasteiger partial charge is 0.478 e. The first-order chi connectivity index (χ1) is 10.4. The van der Waals surface area contributed by atoms with Gasteiger partial charge in [0.25, 0.3) is 0 Å². The molecule has 3 atom stereocenters. The Hall–Kier alpha value is -1.84. The van der Waals surface area contributed by atoms with Crippen LogP contribution in [0.3, 0.4) is 0 Å². The molecule has 1 saturated carbocycles. The van der Waals surface area contributed by atoms with Gasteiger partial charge in [-0.15, -0.1) is 0 Å². The second kappa shape index (κ2) is 6.95. The first-order valence-electron chi connectivity index (χ1n) is 7.93. The van der Waals surface area contributed by atoms with Crippen molar-refractivity contribution in [1.82, 2.24) is 0 Å². The molecule has 22 heavy (non-hydrogen) atoms. The van der Waals surface area contributed by atoms with Crippen molar-refractivity contribution in [2.75, 3.05) is 0 Å². The van der Waals surface area contributed by atoms with Crippen LogP contribution in [-0.2, 0) is 4.74 Å². The van der Waals surface area contributed by atoms with E-state index in [-0.39, 0.29) is 17.2 Å². The molecule has 1 aromatic carbocycles. The molecule has 0 bridgehead atoms. The van der Waals surface area contributed by atoms with Gasteiger partial charge in [0.1, 0.15) is 6.10 Å². The zero-order valence-electron chi connectivity index (χ0n) is 13.4. The summed E-state index contributed by atoms with van der Waals surface area (Å²) < 4.78 is 5.71. The van der Waals surface area contributed by atoms with Crippen LogP contribution >= 0.6 is 0 Å². The van der Waals surface area contributed by atoms with E-state index < -0.39 is 11.9 Å². The molecule has 0 spiro atoms. The van der Waals surface area contributed by atoms with Crippen LogP contribution in [0, 0.1) is 17.8 Å². The highest BCUT2D eigenvalue weighted by molar-refractivity contribution is 6.02. The fourth-order valence-electron chi connectivity index (χ4n) is 3.30. The summed E-state index contributed by atoms with van der Waals surface area (Å²) >= 11 is 0. The third-order valence-electron chi connectivity index (χ3n) is 4.60. The molecule has 4 heteroatoms. The van der Waals surface area contributed by atoms with E-state index >= 15 is 0 Å². The molecule has 0 aliphatic heterocycles. The lowest BCUT2D eigenvalue weighted by atomic mass is 9.75. The summed E-state index contributed by atoms with van der Waals surface area (Å²) in [7, 11) is 0. The number of benzene rings is 1. The third kappa shape index (κ3) is 3.67. The molecule has 0 heterocycles. The zero-order valence-corrected chi connectivity index (χ0v) is 13.4. The monoisotopic (exact) mass is 304 g/mol. The number of aromatic carboxylic acids is 1. The van der Waals surface area contributed by atoms with Crippen LogP contribution in [-0.4, -0.2) is 23.1 Å². The molecule has 1 aliphatic carbocycles. The molecule has 2 rings (SSSR count). The standard InChI is InChI=1S/C18H24O4/c1-11(2)13-9-8-12(3)10-16(13)22-18(21)15-7-5-4-6-14(15)17(19)20/h4-7,11-13,16H,8-10H2,1-3H3,(H,19,20)/t12-,13?,16-/m0/s1. The van der Waals surface area contributed by atoms with Gasteiger partial charge in [0, 0.05) is 0 Å². The van der Waals surface area contributed by atoms with Gasteiger partial charge in [-0.25, -0.2) is 9.59 Å². The predicted octanol–water partition coefficient (Wildman–Crippen LogP) is 4.00. The molecule has 1 N–H and O–H groups in total. The lowest BCUT2D eigenvalue weighted by Crippen LogP contribution is -2.36. The summed E-state index contributed by atoms with van der Waals surface area (Å²) in [6.07, 6.45) is 2.93. The number of hydrogen-bond donors (Lipinski definition) is 1. The number of carboxylic acids is 1. The number of carbonyl (C=O) groups is 2. The van der Waals surface area contributed by atoms with Gasteiger partial charge in [0.2, 0.25) is 0 Å². The van der Waals surface area contributed by atoms with Crippen molar-refractivity contribution in [1.29, 1.82) is 0 Å². The van der Waals surface area contributed by atoms with E-state index in [0.717, 1.165) is 19.3 Å². The van der Waals surface area contributed by atoms with Crippen molar-refractivity contribution in [3.63, 3.8) is 0 Å². The molecule has 1 unspecified atom stereocenters. The minimum Gasteiger partial charge on any atom is -0.478 e. The summed E-state index contributed by atoms with van der Waals surface area (Å²) in [4.78, 5) is 23.7. The fourth-order valence-corrected chi connectivity index (χ4v) is 3.30. The smallest absolute Gasteiger partial charge is 0.339 e. The summed E-state index contributed by atoms with van der Waals surface area (Å²) in [6, 6.07) is 6.22. The van der Waals surface area contributed by atoms with Gasteiger partial charge in [0.15, 0.2) is 0 Å². The molecular formula is C18H24O4. The first-order valence-corrected chi connectivity index (χ1v) is 7.93. The number of esters is 1. The Morgan fingerprint density at radius 1 is 1.18 bits per heavy atom. The van der Waals surface area contributed by atoms with E-state index in [1.165, 1.54) is 12.1 Å². The minimum absolute atomic E-state index is 0.00236. The van der Waals surface area contributed by atoms with E-state index in [0.29, 0.717) is 17.8 Å². The Bertz CT molecular complexity index is 550. The van der Waals surface area contributed by atoms with Crippen molar-refractivity contribution >= 4 is 11.9 Å². The van der Waals surface area contributed by atoms with E-state index in [4.69, 9.17) is 4.74 Å². The van der Waals surface area contributed by atoms with Gasteiger partial charge in [-0.2, -0.15) is 0 Å². The number of hydrogen-bond acceptors (Lipinski definition) is 3. The van der Waals surface area contributed by atoms with Crippen molar-refractivity contribution < 1.29 is 19.4 Å². The Morgan fingerprint density at radius 3 is 2.41 bits per heavy atom. The van der Waals surface area contributed by atoms with E-state index in [9.17, 15) is 14.7 Å². The van der Waals surface area contributed by atoms with Crippen LogP contribution < -0.4 is 0 Å². The van der Waals surface area contributed by atoms with Gasteiger partial charge in [0.05, 0.1) is 11.1 Å². The molecule has 1 fully saturated rings. The van der Waals surface area contributed by atoms with Gasteiger partial charge >= 0.3 is 11.9 Å². The maximum atomic E-state index is 12.4. The van der Waals surface area contributed by atoms with Crippen LogP contribution in [0.5, 0.6) is 0 Å². The van der Waals surface area contributed by atoms with Crippen LogP contribution in [0.25, 0.3) is 0 Å². The predicted molar refractivity (Wildman–Crippen MR) is 83.9 cm³/mol. The number of carbonyl (C=O) groups excluding carboxylic acids is 1. The molecule has 4 nitrogen and oxygen atoms in total. The Kier molecular flexibility index (Phi) is 5.22. The second-order valence-electron chi connectivity index (χ2n) is 6.62. The molecule has 0 saturated heterocycles. The molecule has 1 aromatic rings. The quantitative estimate of drug-likeness (QED) is 0.854. The van der Waals surface area contributed by atoms with Gasteiger partial charge in [-0.05, 0) is 42.7 Å². The fraction of sp³-hybridized carbons (Fsp3) is 0.556. The summed E-state index contributed by atoms with van der Waals surface area (Å²) in [5.74, 6) is -0.313. The lowest BCUT2D eigenvalue weighted by molar-refractivity contribution is -0.0176. The second-order valence-corrected chi connectivity index (χ2v) is 6.62. The Labute approximate surface area is 131 Å². The molecule has 0 radical (unpaired) electrons. The molecule has 0 amide bonds. The maximum Gasteiger partial charge on any atom is 0.339 e. The summed E-state index contributed by atoms with van der Waals surface area (Å²) in [5, 5.41) is 9.19. The topological polar surface area (TPSA) is 63.6 Å². The Morgan fingerprint density at radius 2 is 1.82 bits per heavy atom. The highest BCUT2D eigenvalue weighted by Gasteiger charge is 2.34. The zero-order chi connectivity index (χ0) is 16.3. The van der Waals surface area contributed by atoms with E-state index in [1.54, 1.807) is 12.1 Å². The van der Waals surface area contributed by atoms with Crippen molar-refractivity contribution in [2.24, 2.45) is 17.8 Å². The molecular weight excluding hydrogens is 280 g/mol. The van der Waals surface area contributed by atoms with Crippen LogP contribution in [0.4, 0.5) is 0 Å². The number of ether oxygens (including phenoxy) is 1. The SMILES string of the molecule is CC(C)C1CC[C@H](C)C[C@@H]1OC(=O)c1ccccc1C(=O)O. The highest BCUT2D eigenvalue weighted by Crippen LogP contribution is 2.35. The van der Waals surface area contributed by atoms with Crippen LogP contribution in [0.1, 0.15) is 60.7 Å². The minimum atomic E-state index is -1.11. The normalized spacial score (nSPS) is 25.0. The van der Waals surface area contributed by atoms with Crippen molar-refractivity contribution in [3.8, 4) is 0 Å². The van der Waals surface area contributed by atoms with E-state index in [1.807, 2.05) is 0 Å². The Balaban J connectivity index is 2.18. The summed E-state index contributed by atoms with van der Waals surface area (Å²) in [5.41, 5.74) is 0.133. The maximum absolute atomic E-state index is 12.4. The summed E-state index contributed by atoms with van der Waals surface area (Å²) in [6.45, 7) is 6.46. The van der Waals surface area contributed by atoms with Crippen LogP contribution in [0.15, 0.2) is 24.3 Å². The molecule has 1 aliphatic rings.